The van der Waals surface area contributed by atoms with Crippen molar-refractivity contribution in [1.29, 1.82) is 0 Å². The third kappa shape index (κ3) is 2.42. The summed E-state index contributed by atoms with van der Waals surface area (Å²) in [6.45, 7) is 4.58. The number of imidazole rings is 1. The van der Waals surface area contributed by atoms with Crippen molar-refractivity contribution in [3.05, 3.63) is 51.6 Å². The van der Waals surface area contributed by atoms with Gasteiger partial charge in [0.05, 0.1) is 12.2 Å². The van der Waals surface area contributed by atoms with Crippen LogP contribution in [0.5, 0.6) is 0 Å². The zero-order valence-electron chi connectivity index (χ0n) is 11.0. The van der Waals surface area contributed by atoms with Crippen molar-refractivity contribution < 1.29 is 0 Å². The molecule has 18 heavy (non-hydrogen) atoms. The molecule has 0 saturated carbocycles. The Morgan fingerprint density at radius 1 is 1.33 bits per heavy atom. The van der Waals surface area contributed by atoms with Crippen molar-refractivity contribution in [3.8, 4) is 0 Å². The van der Waals surface area contributed by atoms with Gasteiger partial charge in [-0.25, -0.2) is 4.98 Å². The van der Waals surface area contributed by atoms with Crippen LogP contribution in [-0.2, 0) is 20.0 Å². The van der Waals surface area contributed by atoms with Gasteiger partial charge in [-0.05, 0) is 37.1 Å². The molecule has 4 heteroatoms. The van der Waals surface area contributed by atoms with E-state index in [1.807, 2.05) is 26.1 Å². The van der Waals surface area contributed by atoms with Crippen molar-refractivity contribution in [1.82, 2.24) is 9.55 Å². The molecule has 0 aliphatic carbocycles. The Kier molecular flexibility index (Phi) is 3.73. The predicted molar refractivity (Wildman–Crippen MR) is 74.8 cm³/mol. The highest BCUT2D eigenvalue weighted by Crippen LogP contribution is 2.20. The second kappa shape index (κ2) is 5.12. The summed E-state index contributed by atoms with van der Waals surface area (Å²) < 4.78 is 2.09. The zero-order chi connectivity index (χ0) is 13.3. The maximum atomic E-state index is 5.97. The Bertz CT molecular complexity index is 573. The molecule has 0 unspecified atom stereocenters. The molecule has 0 aliphatic rings. The lowest BCUT2D eigenvalue weighted by molar-refractivity contribution is 0.759. The summed E-state index contributed by atoms with van der Waals surface area (Å²) in [6.07, 6.45) is 0.859. The van der Waals surface area contributed by atoms with E-state index in [4.69, 9.17) is 17.3 Å². The maximum Gasteiger partial charge on any atom is 0.122 e. The first-order chi connectivity index (χ1) is 8.52. The van der Waals surface area contributed by atoms with E-state index in [-0.39, 0.29) is 0 Å². The van der Waals surface area contributed by atoms with E-state index in [0.717, 1.165) is 23.0 Å². The molecule has 96 valence electrons. The molecule has 0 saturated heterocycles. The lowest BCUT2D eigenvalue weighted by Gasteiger charge is -2.09. The first-order valence-electron chi connectivity index (χ1n) is 5.99. The van der Waals surface area contributed by atoms with E-state index in [9.17, 15) is 0 Å². The minimum Gasteiger partial charge on any atom is -0.333 e. The molecule has 1 heterocycles. The van der Waals surface area contributed by atoms with E-state index in [0.29, 0.717) is 6.54 Å². The fraction of sp³-hybridized carbons (Fsp3) is 0.357. The fourth-order valence-electron chi connectivity index (χ4n) is 2.20. The molecule has 0 amide bonds. The molecule has 0 aliphatic heterocycles. The average molecular weight is 264 g/mol. The molecule has 0 atom stereocenters. The Balaban J connectivity index is 2.37. The Hall–Kier alpha value is -1.32. The molecule has 0 spiro atoms. The van der Waals surface area contributed by atoms with E-state index in [1.54, 1.807) is 0 Å². The number of rotatable bonds is 3. The quantitative estimate of drug-likeness (QED) is 0.925. The molecular weight excluding hydrogens is 246 g/mol. The van der Waals surface area contributed by atoms with Gasteiger partial charge in [0.15, 0.2) is 0 Å². The van der Waals surface area contributed by atoms with Crippen LogP contribution in [0.25, 0.3) is 0 Å². The van der Waals surface area contributed by atoms with Crippen molar-refractivity contribution >= 4 is 11.6 Å². The first-order valence-corrected chi connectivity index (χ1v) is 6.37. The van der Waals surface area contributed by atoms with Crippen molar-refractivity contribution in [2.45, 2.75) is 26.8 Å². The summed E-state index contributed by atoms with van der Waals surface area (Å²) in [6, 6.07) is 6.00. The summed E-state index contributed by atoms with van der Waals surface area (Å²) in [7, 11) is 2.02. The molecule has 1 aromatic heterocycles. The van der Waals surface area contributed by atoms with Crippen LogP contribution in [-0.4, -0.2) is 9.55 Å². The number of hydrogen-bond acceptors (Lipinski definition) is 2. The van der Waals surface area contributed by atoms with Gasteiger partial charge in [-0.15, -0.1) is 0 Å². The summed E-state index contributed by atoms with van der Waals surface area (Å²) in [5.41, 5.74) is 10.4. The molecule has 0 fully saturated rings. The number of hydrogen-bond donors (Lipinski definition) is 1. The van der Waals surface area contributed by atoms with Gasteiger partial charge in [-0.3, -0.25) is 0 Å². The Morgan fingerprint density at radius 3 is 2.61 bits per heavy atom. The summed E-state index contributed by atoms with van der Waals surface area (Å²) in [5.74, 6) is 0.925. The third-order valence-electron chi connectivity index (χ3n) is 3.35. The number of nitrogens with zero attached hydrogens (tertiary/aromatic N) is 2. The monoisotopic (exact) mass is 263 g/mol. The SMILES string of the molecule is Cc1cc(Cl)ccc1Cc1c(C)nc(CN)n1C. The van der Waals surface area contributed by atoms with Gasteiger partial charge in [0.1, 0.15) is 5.82 Å². The number of aryl methyl sites for hydroxylation is 2. The number of nitrogens with two attached hydrogens (primary N) is 1. The first kappa shape index (κ1) is 13.1. The van der Waals surface area contributed by atoms with Crippen LogP contribution in [0.3, 0.4) is 0 Å². The largest absolute Gasteiger partial charge is 0.333 e. The van der Waals surface area contributed by atoms with Crippen LogP contribution in [0.2, 0.25) is 5.02 Å². The van der Waals surface area contributed by atoms with Crippen molar-refractivity contribution in [3.63, 3.8) is 0 Å². The lowest BCUT2D eigenvalue weighted by atomic mass is 10.0. The van der Waals surface area contributed by atoms with Gasteiger partial charge in [0, 0.05) is 24.2 Å². The van der Waals surface area contributed by atoms with E-state index in [2.05, 4.69) is 22.5 Å². The second-order valence-electron chi connectivity index (χ2n) is 4.57. The van der Waals surface area contributed by atoms with Crippen LogP contribution in [0.4, 0.5) is 0 Å². The lowest BCUT2D eigenvalue weighted by Crippen LogP contribution is -2.07. The summed E-state index contributed by atoms with van der Waals surface area (Å²) in [5, 5.41) is 0.778. The second-order valence-corrected chi connectivity index (χ2v) is 5.01. The van der Waals surface area contributed by atoms with E-state index >= 15 is 0 Å². The standard InChI is InChI=1S/C14H18ClN3/c1-9-6-12(15)5-4-11(9)7-13-10(2)17-14(8-16)18(13)3/h4-6H,7-8,16H2,1-3H3. The Labute approximate surface area is 113 Å². The number of benzene rings is 1. The number of aromatic nitrogens is 2. The van der Waals surface area contributed by atoms with Crippen LogP contribution in [0, 0.1) is 13.8 Å². The molecular formula is C14H18ClN3. The molecule has 0 radical (unpaired) electrons. The van der Waals surface area contributed by atoms with Gasteiger partial charge < -0.3 is 10.3 Å². The molecule has 2 N–H and O–H groups in total. The molecule has 2 rings (SSSR count). The molecule has 1 aromatic carbocycles. The smallest absolute Gasteiger partial charge is 0.122 e. The highest BCUT2D eigenvalue weighted by Gasteiger charge is 2.11. The zero-order valence-corrected chi connectivity index (χ0v) is 11.8. The average Bonchev–Trinajstić information content (AvgIpc) is 2.59. The van der Waals surface area contributed by atoms with Crippen LogP contribution < -0.4 is 5.73 Å². The highest BCUT2D eigenvalue weighted by molar-refractivity contribution is 6.30. The fourth-order valence-corrected chi connectivity index (χ4v) is 2.43. The van der Waals surface area contributed by atoms with E-state index < -0.39 is 0 Å². The van der Waals surface area contributed by atoms with Crippen molar-refractivity contribution in [2.75, 3.05) is 0 Å². The van der Waals surface area contributed by atoms with Gasteiger partial charge in [0.2, 0.25) is 0 Å². The summed E-state index contributed by atoms with van der Waals surface area (Å²) in [4.78, 5) is 4.48. The highest BCUT2D eigenvalue weighted by atomic mass is 35.5. The molecule has 0 bridgehead atoms. The maximum absolute atomic E-state index is 5.97. The normalized spacial score (nSPS) is 10.9. The summed E-state index contributed by atoms with van der Waals surface area (Å²) >= 11 is 5.97. The van der Waals surface area contributed by atoms with E-state index in [1.165, 1.54) is 16.8 Å². The van der Waals surface area contributed by atoms with Gasteiger partial charge in [-0.2, -0.15) is 0 Å². The minimum absolute atomic E-state index is 0.469. The van der Waals surface area contributed by atoms with Crippen molar-refractivity contribution in [2.24, 2.45) is 12.8 Å². The third-order valence-corrected chi connectivity index (χ3v) is 3.59. The topological polar surface area (TPSA) is 43.8 Å². The van der Waals surface area contributed by atoms with Gasteiger partial charge >= 0.3 is 0 Å². The number of halogens is 1. The Morgan fingerprint density at radius 2 is 2.06 bits per heavy atom. The van der Waals surface area contributed by atoms with Crippen LogP contribution in [0.15, 0.2) is 18.2 Å². The van der Waals surface area contributed by atoms with Crippen LogP contribution >= 0.6 is 11.6 Å². The molecule has 3 nitrogen and oxygen atoms in total. The minimum atomic E-state index is 0.469. The van der Waals surface area contributed by atoms with Gasteiger partial charge in [-0.1, -0.05) is 17.7 Å². The molecule has 2 aromatic rings. The predicted octanol–water partition coefficient (Wildman–Crippen LogP) is 2.74. The van der Waals surface area contributed by atoms with Gasteiger partial charge in [0.25, 0.3) is 0 Å². The van der Waals surface area contributed by atoms with Crippen LogP contribution in [0.1, 0.15) is 28.3 Å².